The summed E-state index contributed by atoms with van der Waals surface area (Å²) in [6.45, 7) is 2.52. The number of hydrogen-bond donors (Lipinski definition) is 3. The van der Waals surface area contributed by atoms with Gasteiger partial charge in [0.25, 0.3) is 0 Å². The van der Waals surface area contributed by atoms with Gasteiger partial charge in [0, 0.05) is 24.8 Å². The minimum Gasteiger partial charge on any atom is -0.478 e. The number of nitrogen functional groups attached to an aromatic ring is 1. The van der Waals surface area contributed by atoms with Gasteiger partial charge in [0.15, 0.2) is 0 Å². The number of anilines is 2. The lowest BCUT2D eigenvalue weighted by Crippen LogP contribution is -2.08. The molecule has 1 aromatic heterocycles. The van der Waals surface area contributed by atoms with Gasteiger partial charge in [-0.25, -0.2) is 4.79 Å². The Balaban J connectivity index is 2.18. The van der Waals surface area contributed by atoms with Gasteiger partial charge in [-0.05, 0) is 19.1 Å². The maximum absolute atomic E-state index is 11.0. The first-order valence-electron chi connectivity index (χ1n) is 5.84. The second kappa shape index (κ2) is 5.01. The summed E-state index contributed by atoms with van der Waals surface area (Å²) in [7, 11) is 1.87. The summed E-state index contributed by atoms with van der Waals surface area (Å²) >= 11 is 0. The molecule has 19 heavy (non-hydrogen) atoms. The molecule has 100 valence electrons. The molecule has 0 radical (unpaired) electrons. The number of rotatable bonds is 4. The largest absolute Gasteiger partial charge is 0.478 e. The minimum absolute atomic E-state index is 0.105. The quantitative estimate of drug-likeness (QED) is 0.726. The molecule has 0 amide bonds. The van der Waals surface area contributed by atoms with E-state index in [1.165, 1.54) is 6.07 Å². The summed E-state index contributed by atoms with van der Waals surface area (Å²) in [4.78, 5) is 11.0. The molecule has 6 nitrogen and oxygen atoms in total. The smallest absolute Gasteiger partial charge is 0.337 e. The minimum atomic E-state index is -1.03. The maximum atomic E-state index is 11.0. The van der Waals surface area contributed by atoms with Crippen LogP contribution in [0.2, 0.25) is 0 Å². The highest BCUT2D eigenvalue weighted by Crippen LogP contribution is 2.23. The van der Waals surface area contributed by atoms with Crippen molar-refractivity contribution in [2.45, 2.75) is 13.5 Å². The molecule has 0 spiro atoms. The van der Waals surface area contributed by atoms with E-state index in [2.05, 4.69) is 10.4 Å². The van der Waals surface area contributed by atoms with E-state index in [1.54, 1.807) is 23.0 Å². The van der Waals surface area contributed by atoms with Crippen LogP contribution in [0.5, 0.6) is 0 Å². The van der Waals surface area contributed by atoms with Gasteiger partial charge in [0.1, 0.15) is 0 Å². The van der Waals surface area contributed by atoms with Gasteiger partial charge in [0.05, 0.1) is 23.1 Å². The maximum Gasteiger partial charge on any atom is 0.337 e. The molecule has 0 aliphatic carbocycles. The number of nitrogens with two attached hydrogens (primary N) is 1. The molecule has 0 aliphatic heterocycles. The van der Waals surface area contributed by atoms with Crippen LogP contribution in [0, 0.1) is 6.92 Å². The average Bonchev–Trinajstić information content (AvgIpc) is 2.68. The van der Waals surface area contributed by atoms with Crippen LogP contribution in [0.15, 0.2) is 24.4 Å². The van der Waals surface area contributed by atoms with Crippen molar-refractivity contribution in [1.29, 1.82) is 0 Å². The predicted octanol–water partition coefficient (Wildman–Crippen LogP) is 1.62. The molecule has 0 saturated heterocycles. The summed E-state index contributed by atoms with van der Waals surface area (Å²) in [5.41, 5.74) is 8.89. The van der Waals surface area contributed by atoms with E-state index >= 15 is 0 Å². The van der Waals surface area contributed by atoms with E-state index in [9.17, 15) is 4.79 Å². The SMILES string of the molecule is Cc1c(CNc2cccc(C(=O)O)c2N)cnn1C. The molecule has 0 fully saturated rings. The topological polar surface area (TPSA) is 93.2 Å². The molecule has 0 unspecified atom stereocenters. The summed E-state index contributed by atoms with van der Waals surface area (Å²) < 4.78 is 1.79. The lowest BCUT2D eigenvalue weighted by molar-refractivity contribution is 0.0698. The average molecular weight is 260 g/mol. The molecule has 4 N–H and O–H groups in total. The first-order valence-corrected chi connectivity index (χ1v) is 5.84. The number of aryl methyl sites for hydroxylation is 1. The number of carboxylic acids is 1. The number of nitrogens with zero attached hydrogens (tertiary/aromatic N) is 2. The number of carboxylic acid groups (broad SMARTS) is 1. The van der Waals surface area contributed by atoms with Gasteiger partial charge >= 0.3 is 5.97 Å². The monoisotopic (exact) mass is 260 g/mol. The molecule has 2 rings (SSSR count). The fourth-order valence-electron chi connectivity index (χ4n) is 1.81. The number of carbonyl (C=O) groups is 1. The summed E-state index contributed by atoms with van der Waals surface area (Å²) in [6.07, 6.45) is 1.78. The number of benzene rings is 1. The first-order chi connectivity index (χ1) is 9.00. The van der Waals surface area contributed by atoms with Crippen LogP contribution in [-0.2, 0) is 13.6 Å². The van der Waals surface area contributed by atoms with Crippen LogP contribution in [0.4, 0.5) is 11.4 Å². The van der Waals surface area contributed by atoms with E-state index in [0.717, 1.165) is 11.3 Å². The number of para-hydroxylation sites is 1. The van der Waals surface area contributed by atoms with Gasteiger partial charge in [-0.1, -0.05) is 6.07 Å². The predicted molar refractivity (Wildman–Crippen MR) is 73.1 cm³/mol. The van der Waals surface area contributed by atoms with Crippen molar-refractivity contribution in [2.75, 3.05) is 11.1 Å². The van der Waals surface area contributed by atoms with Crippen molar-refractivity contribution in [3.05, 3.63) is 41.2 Å². The number of hydrogen-bond acceptors (Lipinski definition) is 4. The standard InChI is InChI=1S/C13H16N4O2/c1-8-9(7-16-17(8)2)6-15-11-5-3-4-10(12(11)14)13(18)19/h3-5,7,15H,6,14H2,1-2H3,(H,18,19). The lowest BCUT2D eigenvalue weighted by Gasteiger charge is -2.10. The molecule has 0 aliphatic rings. The van der Waals surface area contributed by atoms with Crippen molar-refractivity contribution in [3.63, 3.8) is 0 Å². The summed E-state index contributed by atoms with van der Waals surface area (Å²) in [5.74, 6) is -1.03. The van der Waals surface area contributed by atoms with Crippen molar-refractivity contribution < 1.29 is 9.90 Å². The second-order valence-corrected chi connectivity index (χ2v) is 4.30. The Labute approximate surface area is 110 Å². The molecule has 1 aromatic carbocycles. The Morgan fingerprint density at radius 3 is 2.84 bits per heavy atom. The Hall–Kier alpha value is -2.50. The number of nitrogens with one attached hydrogen (secondary N) is 1. The molecule has 0 saturated carbocycles. The highest BCUT2D eigenvalue weighted by Gasteiger charge is 2.11. The van der Waals surface area contributed by atoms with Gasteiger partial charge in [0.2, 0.25) is 0 Å². The van der Waals surface area contributed by atoms with Gasteiger partial charge in [-0.3, -0.25) is 4.68 Å². The third-order valence-corrected chi connectivity index (χ3v) is 3.14. The summed E-state index contributed by atoms with van der Waals surface area (Å²) in [5, 5.41) is 16.3. The van der Waals surface area contributed by atoms with Crippen LogP contribution >= 0.6 is 0 Å². The van der Waals surface area contributed by atoms with Crippen LogP contribution in [0.3, 0.4) is 0 Å². The zero-order chi connectivity index (χ0) is 14.0. The van der Waals surface area contributed by atoms with E-state index in [-0.39, 0.29) is 11.3 Å². The second-order valence-electron chi connectivity index (χ2n) is 4.30. The van der Waals surface area contributed by atoms with Crippen LogP contribution in [0.25, 0.3) is 0 Å². The van der Waals surface area contributed by atoms with Crippen molar-refractivity contribution in [3.8, 4) is 0 Å². The van der Waals surface area contributed by atoms with Crippen LogP contribution in [0.1, 0.15) is 21.6 Å². The van der Waals surface area contributed by atoms with E-state index < -0.39 is 5.97 Å². The third kappa shape index (κ3) is 2.52. The summed E-state index contributed by atoms with van der Waals surface area (Å²) in [6, 6.07) is 4.91. The number of aromatic carboxylic acids is 1. The zero-order valence-electron chi connectivity index (χ0n) is 10.8. The van der Waals surface area contributed by atoms with E-state index in [4.69, 9.17) is 10.8 Å². The normalized spacial score (nSPS) is 10.4. The van der Waals surface area contributed by atoms with Crippen LogP contribution < -0.4 is 11.1 Å². The van der Waals surface area contributed by atoms with Gasteiger partial charge in [-0.15, -0.1) is 0 Å². The van der Waals surface area contributed by atoms with E-state index in [0.29, 0.717) is 12.2 Å². The fraction of sp³-hybridized carbons (Fsp3) is 0.231. The number of aromatic nitrogens is 2. The van der Waals surface area contributed by atoms with Crippen molar-refractivity contribution >= 4 is 17.3 Å². The molecular formula is C13H16N4O2. The van der Waals surface area contributed by atoms with Crippen LogP contribution in [-0.4, -0.2) is 20.9 Å². The Morgan fingerprint density at radius 2 is 2.26 bits per heavy atom. The van der Waals surface area contributed by atoms with Crippen molar-refractivity contribution in [1.82, 2.24) is 9.78 Å². The molecule has 1 heterocycles. The van der Waals surface area contributed by atoms with E-state index in [1.807, 2.05) is 14.0 Å². The lowest BCUT2D eigenvalue weighted by atomic mass is 10.1. The molecule has 2 aromatic rings. The first kappa shape index (κ1) is 12.9. The Kier molecular flexibility index (Phi) is 3.41. The third-order valence-electron chi connectivity index (χ3n) is 3.14. The van der Waals surface area contributed by atoms with Crippen molar-refractivity contribution in [2.24, 2.45) is 7.05 Å². The Bertz CT molecular complexity index is 619. The zero-order valence-corrected chi connectivity index (χ0v) is 10.8. The fourth-order valence-corrected chi connectivity index (χ4v) is 1.81. The molecule has 0 bridgehead atoms. The van der Waals surface area contributed by atoms with Gasteiger partial charge < -0.3 is 16.2 Å². The Morgan fingerprint density at radius 1 is 1.53 bits per heavy atom. The highest BCUT2D eigenvalue weighted by molar-refractivity contribution is 5.97. The molecule has 0 atom stereocenters. The molecular weight excluding hydrogens is 244 g/mol. The van der Waals surface area contributed by atoms with Gasteiger partial charge in [-0.2, -0.15) is 5.10 Å². The molecule has 6 heteroatoms. The highest BCUT2D eigenvalue weighted by atomic mass is 16.4.